The minimum atomic E-state index is -1.68. The molecule has 1 saturated heterocycles. The average molecular weight is 306 g/mol. The van der Waals surface area contributed by atoms with Gasteiger partial charge in [0.05, 0.1) is 6.61 Å². The molecule has 0 spiro atoms. The topological polar surface area (TPSA) is 131 Å². The molecule has 1 aliphatic heterocycles. The second-order valence-corrected chi connectivity index (χ2v) is 5.21. The Morgan fingerprint density at radius 2 is 2.25 bits per heavy atom. The van der Waals surface area contributed by atoms with Gasteiger partial charge in [0, 0.05) is 18.5 Å². The molecule has 0 saturated carbocycles. The highest BCUT2D eigenvalue weighted by molar-refractivity contribution is 7.79. The van der Waals surface area contributed by atoms with Crippen molar-refractivity contribution in [2.45, 2.75) is 24.5 Å². The zero-order valence-electron chi connectivity index (χ0n) is 10.5. The molecule has 0 bridgehead atoms. The molecule has 1 unspecified atom stereocenters. The predicted molar refractivity (Wildman–Crippen MR) is 67.3 cm³/mol. The summed E-state index contributed by atoms with van der Waals surface area (Å²) in [5.41, 5.74) is -1.35. The van der Waals surface area contributed by atoms with Crippen LogP contribution in [0.15, 0.2) is 21.9 Å². The fraction of sp³-hybridized carbons (Fsp3) is 0.600. The average Bonchev–Trinajstić information content (AvgIpc) is 2.67. The molecule has 112 valence electrons. The molecule has 10 heteroatoms. The van der Waals surface area contributed by atoms with E-state index in [2.05, 4.69) is 0 Å². The van der Waals surface area contributed by atoms with E-state index in [0.29, 0.717) is 0 Å². The Morgan fingerprint density at radius 1 is 1.55 bits per heavy atom. The second kappa shape index (κ2) is 5.97. The Balaban J connectivity index is 2.32. The largest absolute Gasteiger partial charge is 0.394 e. The lowest BCUT2D eigenvalue weighted by atomic mass is 10.1. The molecule has 0 aromatic carbocycles. The Kier molecular flexibility index (Phi) is 4.50. The number of ether oxygens (including phenoxy) is 1. The molecule has 0 aliphatic carbocycles. The van der Waals surface area contributed by atoms with Gasteiger partial charge in [0.1, 0.15) is 18.3 Å². The standard InChI is InChI=1S/C10H14N2O7S/c1-20(17)19-8-5(4-13)18-9(7(8)15)12-3-2-6(14)11-10(12)16/h2-3,5,7-9,13,15H,4H2,1H3,(H,11,14,16)/t5-,7-,8-,9-,20?/m1/s1. The molecule has 9 nitrogen and oxygen atoms in total. The summed E-state index contributed by atoms with van der Waals surface area (Å²) < 4.78 is 22.4. The van der Waals surface area contributed by atoms with Crippen molar-refractivity contribution in [1.82, 2.24) is 9.55 Å². The summed E-state index contributed by atoms with van der Waals surface area (Å²) in [7, 11) is 0. The van der Waals surface area contributed by atoms with Crippen LogP contribution in [0.1, 0.15) is 6.23 Å². The van der Waals surface area contributed by atoms with Crippen molar-refractivity contribution in [2.75, 3.05) is 12.9 Å². The van der Waals surface area contributed by atoms with E-state index in [1.165, 1.54) is 6.26 Å². The third kappa shape index (κ3) is 2.88. The number of hydrogen-bond acceptors (Lipinski definition) is 7. The zero-order valence-corrected chi connectivity index (χ0v) is 11.3. The molecule has 1 aromatic heterocycles. The molecule has 20 heavy (non-hydrogen) atoms. The third-order valence-electron chi connectivity index (χ3n) is 2.86. The Bertz CT molecular complexity index is 612. The highest BCUT2D eigenvalue weighted by Gasteiger charge is 2.46. The van der Waals surface area contributed by atoms with Gasteiger partial charge in [-0.2, -0.15) is 0 Å². The van der Waals surface area contributed by atoms with Crippen LogP contribution >= 0.6 is 0 Å². The monoisotopic (exact) mass is 306 g/mol. The number of nitrogens with zero attached hydrogens (tertiary/aromatic N) is 1. The van der Waals surface area contributed by atoms with Crippen LogP contribution in [0.2, 0.25) is 0 Å². The fourth-order valence-electron chi connectivity index (χ4n) is 2.00. The normalized spacial score (nSPS) is 31.4. The van der Waals surface area contributed by atoms with Gasteiger partial charge in [-0.15, -0.1) is 0 Å². The summed E-state index contributed by atoms with van der Waals surface area (Å²) in [6.45, 7) is -0.479. The second-order valence-electron chi connectivity index (χ2n) is 4.22. The van der Waals surface area contributed by atoms with Gasteiger partial charge in [-0.25, -0.2) is 9.00 Å². The smallest absolute Gasteiger partial charge is 0.330 e. The first-order valence-corrected chi connectivity index (χ1v) is 7.18. The minimum Gasteiger partial charge on any atom is -0.394 e. The summed E-state index contributed by atoms with van der Waals surface area (Å²) in [5, 5.41) is 19.3. The van der Waals surface area contributed by atoms with Crippen LogP contribution in [-0.2, 0) is 20.0 Å². The van der Waals surface area contributed by atoms with Gasteiger partial charge in [0.15, 0.2) is 17.3 Å². The SMILES string of the molecule is CS(=O)O[C@H]1[C@@H](O)[C@H](n2ccc(=O)[nH]c2=O)O[C@@H]1CO. The molecule has 5 atom stereocenters. The maximum absolute atomic E-state index is 11.6. The number of aromatic amines is 1. The number of hydrogen-bond donors (Lipinski definition) is 3. The van der Waals surface area contributed by atoms with Crippen molar-refractivity contribution in [3.8, 4) is 0 Å². The maximum atomic E-state index is 11.6. The lowest BCUT2D eigenvalue weighted by molar-refractivity contribution is -0.0542. The van der Waals surface area contributed by atoms with Crippen LogP contribution in [-0.4, -0.2) is 55.1 Å². The van der Waals surface area contributed by atoms with Gasteiger partial charge in [0.2, 0.25) is 0 Å². The van der Waals surface area contributed by atoms with Crippen molar-refractivity contribution in [3.63, 3.8) is 0 Å². The first-order valence-electron chi connectivity index (χ1n) is 5.70. The molecule has 2 heterocycles. The molecular weight excluding hydrogens is 292 g/mol. The zero-order chi connectivity index (χ0) is 14.9. The number of aliphatic hydroxyl groups is 2. The number of aromatic nitrogens is 2. The lowest BCUT2D eigenvalue weighted by Crippen LogP contribution is -2.39. The van der Waals surface area contributed by atoms with Crippen molar-refractivity contribution in [3.05, 3.63) is 33.1 Å². The first-order chi connectivity index (χ1) is 9.43. The number of nitrogens with one attached hydrogen (secondary N) is 1. The summed E-state index contributed by atoms with van der Waals surface area (Å²) in [4.78, 5) is 24.7. The van der Waals surface area contributed by atoms with E-state index in [4.69, 9.17) is 8.92 Å². The summed E-state index contributed by atoms with van der Waals surface area (Å²) in [6, 6.07) is 1.09. The van der Waals surface area contributed by atoms with Gasteiger partial charge in [-0.1, -0.05) is 0 Å². The quantitative estimate of drug-likeness (QED) is 0.559. The Morgan fingerprint density at radius 3 is 2.80 bits per heavy atom. The van der Waals surface area contributed by atoms with Crippen molar-refractivity contribution in [2.24, 2.45) is 0 Å². The van der Waals surface area contributed by atoms with E-state index >= 15 is 0 Å². The van der Waals surface area contributed by atoms with Crippen LogP contribution in [0, 0.1) is 0 Å². The van der Waals surface area contributed by atoms with Crippen LogP contribution in [0.5, 0.6) is 0 Å². The predicted octanol–water partition coefficient (Wildman–Crippen LogP) is -2.53. The summed E-state index contributed by atoms with van der Waals surface area (Å²) in [5.74, 6) is 0. The Hall–Kier alpha value is -1.33. The van der Waals surface area contributed by atoms with Crippen LogP contribution in [0.3, 0.4) is 0 Å². The summed E-state index contributed by atoms with van der Waals surface area (Å²) >= 11 is -1.68. The van der Waals surface area contributed by atoms with E-state index in [0.717, 1.165) is 16.8 Å². The molecule has 0 amide bonds. The molecular formula is C10H14N2O7S. The van der Waals surface area contributed by atoms with Crippen LogP contribution in [0.4, 0.5) is 0 Å². The van der Waals surface area contributed by atoms with Gasteiger partial charge < -0.3 is 14.9 Å². The van der Waals surface area contributed by atoms with Crippen molar-refractivity contribution >= 4 is 11.1 Å². The van der Waals surface area contributed by atoms with Gasteiger partial charge in [0.25, 0.3) is 5.56 Å². The Labute approximate surface area is 115 Å². The maximum Gasteiger partial charge on any atom is 0.330 e. The van der Waals surface area contributed by atoms with E-state index in [9.17, 15) is 24.0 Å². The molecule has 1 aromatic rings. The van der Waals surface area contributed by atoms with E-state index in [1.54, 1.807) is 0 Å². The summed E-state index contributed by atoms with van der Waals surface area (Å²) in [6.07, 6.45) is -2.02. The van der Waals surface area contributed by atoms with Crippen molar-refractivity contribution < 1.29 is 23.3 Å². The number of aliphatic hydroxyl groups excluding tert-OH is 2. The van der Waals surface area contributed by atoms with Gasteiger partial charge >= 0.3 is 5.69 Å². The highest BCUT2D eigenvalue weighted by Crippen LogP contribution is 2.30. The van der Waals surface area contributed by atoms with Crippen LogP contribution < -0.4 is 11.2 Å². The van der Waals surface area contributed by atoms with Crippen LogP contribution in [0.25, 0.3) is 0 Å². The highest BCUT2D eigenvalue weighted by atomic mass is 32.2. The van der Waals surface area contributed by atoms with E-state index in [1.807, 2.05) is 4.98 Å². The molecule has 0 radical (unpaired) electrons. The minimum absolute atomic E-state index is 0.479. The van der Waals surface area contributed by atoms with E-state index in [-0.39, 0.29) is 0 Å². The number of H-pyrrole nitrogens is 1. The first kappa shape index (κ1) is 15.1. The number of rotatable bonds is 4. The van der Waals surface area contributed by atoms with Gasteiger partial charge in [-0.05, 0) is 0 Å². The lowest BCUT2D eigenvalue weighted by Gasteiger charge is -2.18. The van der Waals surface area contributed by atoms with Crippen molar-refractivity contribution in [1.29, 1.82) is 0 Å². The molecule has 2 rings (SSSR count). The molecule has 3 N–H and O–H groups in total. The molecule has 1 aliphatic rings. The van der Waals surface area contributed by atoms with Gasteiger partial charge in [-0.3, -0.25) is 18.5 Å². The van der Waals surface area contributed by atoms with E-state index < -0.39 is 53.5 Å². The fourth-order valence-corrected chi connectivity index (χ4v) is 2.55. The third-order valence-corrected chi connectivity index (χ3v) is 3.35. The molecule has 1 fully saturated rings.